The van der Waals surface area contributed by atoms with Crippen LogP contribution in [0.5, 0.6) is 0 Å². The van der Waals surface area contributed by atoms with Crippen molar-refractivity contribution in [1.82, 2.24) is 0 Å². The molecule has 0 aromatic rings. The number of fused-ring (bicyclic) bond motifs is 10. The van der Waals surface area contributed by atoms with Gasteiger partial charge in [0.05, 0.1) is 0 Å². The fraction of sp³-hybridized carbons (Fsp3) is 0.867. The summed E-state index contributed by atoms with van der Waals surface area (Å²) in [4.78, 5) is 32.7. The van der Waals surface area contributed by atoms with Crippen molar-refractivity contribution in [3.63, 3.8) is 0 Å². The maximum absolute atomic E-state index is 12.9. The Morgan fingerprint density at radius 2 is 1.47 bits per heavy atom. The van der Waals surface area contributed by atoms with E-state index in [2.05, 4.69) is 0 Å². The number of carbonyl (C=O) groups excluding carboxylic acids is 2. The van der Waals surface area contributed by atoms with Gasteiger partial charge in [-0.05, 0) is 0 Å². The number of hydrogen-bond donors (Lipinski definition) is 0. The van der Waals surface area contributed by atoms with Crippen LogP contribution in [0.2, 0.25) is 47.2 Å². The van der Waals surface area contributed by atoms with Gasteiger partial charge < -0.3 is 0 Å². The molecule has 8 atom stereocenters. The molecule has 0 N–H and O–H groups in total. The number of ether oxygens (including phenoxy) is 1. The molecule has 0 amide bonds. The van der Waals surface area contributed by atoms with Crippen molar-refractivity contribution >= 4 is 11.8 Å². The summed E-state index contributed by atoms with van der Waals surface area (Å²) in [5.41, 5.74) is 0. The first-order chi connectivity index (χ1) is 8.86. The van der Waals surface area contributed by atoms with Crippen molar-refractivity contribution in [1.29, 1.82) is 0 Å². The number of ketones is 1. The molecule has 1 spiro atoms. The molecule has 4 heteroatoms. The topological polar surface area (TPSA) is 43.4 Å². The Labute approximate surface area is 100 Å². The summed E-state index contributed by atoms with van der Waals surface area (Å²) in [7, 11) is 0. The second-order valence-electron chi connectivity index (χ2n) is 11.1. The van der Waals surface area contributed by atoms with Gasteiger partial charge in [-0.25, -0.2) is 0 Å². The van der Waals surface area contributed by atoms with E-state index < -0.39 is 6.51 Å². The second kappa shape index (κ2) is 0.624. The summed E-state index contributed by atoms with van der Waals surface area (Å²) in [6.07, 6.45) is 0. The van der Waals surface area contributed by atoms with E-state index in [0.29, 0.717) is 12.4 Å². The van der Waals surface area contributed by atoms with Crippen LogP contribution in [0.1, 0.15) is 13.8 Å². The summed E-state index contributed by atoms with van der Waals surface area (Å²) in [5, 5.41) is 0. The van der Waals surface area contributed by atoms with Crippen molar-refractivity contribution in [3.8, 4) is 0 Å². The number of carbonyl (C=O) groups is 2. The predicted molar refractivity (Wildman–Crippen MR) is 62.7 cm³/mol. The zero-order valence-corrected chi connectivity index (χ0v) is 12.0. The van der Waals surface area contributed by atoms with Crippen molar-refractivity contribution in [2.45, 2.75) is 61.0 Å². The van der Waals surface area contributed by atoms with Crippen LogP contribution in [0.15, 0.2) is 0 Å². The number of hydrogen-bond acceptors (Lipinski definition) is 3. The van der Waals surface area contributed by atoms with Crippen LogP contribution in [0, 0.1) is 0 Å². The number of Topliss-reactive ketones (excluding diaryl/α,β-unsaturated/α-hetero) is 1. The summed E-state index contributed by atoms with van der Waals surface area (Å²) in [6, 6.07) is 0. The van der Waals surface area contributed by atoms with E-state index in [1.165, 1.54) is 0 Å². The molecule has 10 fully saturated rings. The Morgan fingerprint density at radius 3 is 1.79 bits per heavy atom. The standard InChI is InChI=1S/C8H9O2.C7H7O.Fe/c1-2-10-8(9)7-5-3-4-6-7;1-6(8)7-4-2-3-5-7;/h3-6H,2H2,1H3;2-5H,1H3;. The second-order valence-corrected chi connectivity index (χ2v) is 34.3. The molecule has 10 aliphatic rings. The molecule has 0 aromatic carbocycles. The summed E-state index contributed by atoms with van der Waals surface area (Å²) in [6.45, 7) is 0.552. The van der Waals surface area contributed by atoms with Crippen molar-refractivity contribution in [2.75, 3.05) is 6.61 Å². The van der Waals surface area contributed by atoms with E-state index in [0.717, 1.165) is 38.5 Å². The maximum atomic E-state index is 12.9. The van der Waals surface area contributed by atoms with Crippen LogP contribution >= 0.6 is 0 Å². The Kier molecular flexibility index (Phi) is 0.250. The Morgan fingerprint density at radius 1 is 1.00 bits per heavy atom. The molecule has 10 aliphatic heterocycles. The van der Waals surface area contributed by atoms with E-state index in [1.807, 2.05) is 13.8 Å². The average Bonchev–Trinajstić information content (AvgIpc) is 3.32. The quantitative estimate of drug-likeness (QED) is 0.593. The molecule has 0 bridgehead atoms. The Balaban J connectivity index is 1.56. The molecule has 10 saturated heterocycles. The molecule has 19 heavy (non-hydrogen) atoms. The van der Waals surface area contributed by atoms with E-state index in [1.54, 1.807) is 0 Å². The number of esters is 1. The molecule has 0 aromatic heterocycles. The molecule has 0 radical (unpaired) electrons. The van der Waals surface area contributed by atoms with Crippen LogP contribution < -0.4 is 0 Å². The van der Waals surface area contributed by atoms with Gasteiger partial charge >= 0.3 is 100 Å². The van der Waals surface area contributed by atoms with Crippen LogP contribution in [-0.4, -0.2) is 18.4 Å². The molecule has 10 heterocycles. The van der Waals surface area contributed by atoms with E-state index in [4.69, 9.17) is 4.74 Å². The van der Waals surface area contributed by atoms with Crippen molar-refractivity contribution in [2.24, 2.45) is 0 Å². The minimum atomic E-state index is -3.78. The summed E-state index contributed by atoms with van der Waals surface area (Å²) < 4.78 is 5.84. The van der Waals surface area contributed by atoms with Gasteiger partial charge in [0.15, 0.2) is 0 Å². The van der Waals surface area contributed by atoms with Crippen LogP contribution in [-0.2, 0) is 20.8 Å². The third kappa shape index (κ3) is 0.0748. The first-order valence-electron chi connectivity index (χ1n) is 7.75. The first-order valence-corrected chi connectivity index (χ1v) is 14.0. The van der Waals surface area contributed by atoms with Gasteiger partial charge in [-0.15, -0.1) is 0 Å². The zero-order valence-electron chi connectivity index (χ0n) is 10.9. The minimum absolute atomic E-state index is 0.0656. The Bertz CT molecular complexity index is 1130. The van der Waals surface area contributed by atoms with Gasteiger partial charge in [-0.1, -0.05) is 0 Å². The van der Waals surface area contributed by atoms with E-state index >= 15 is 0 Å². The van der Waals surface area contributed by atoms with Gasteiger partial charge in [0, 0.05) is 0 Å². The third-order valence-electron chi connectivity index (χ3n) is 15.9. The van der Waals surface area contributed by atoms with Crippen molar-refractivity contribution in [3.05, 3.63) is 0 Å². The first kappa shape index (κ1) is 7.61. The molecule has 0 saturated carbocycles. The molecule has 3 nitrogen and oxygen atoms in total. The molecule has 8 unspecified atom stereocenters. The van der Waals surface area contributed by atoms with Crippen LogP contribution in [0.4, 0.5) is 0 Å². The fourth-order valence-corrected chi connectivity index (χ4v) is 94.2. The van der Waals surface area contributed by atoms with Gasteiger partial charge in [-0.2, -0.15) is 0 Å². The van der Waals surface area contributed by atoms with E-state index in [9.17, 15) is 9.59 Å². The summed E-state index contributed by atoms with van der Waals surface area (Å²) >= 11 is 0. The van der Waals surface area contributed by atoms with Gasteiger partial charge in [-0.3, -0.25) is 0 Å². The summed E-state index contributed by atoms with van der Waals surface area (Å²) in [5.74, 6) is 0.727. The number of rotatable bonds is 3. The predicted octanol–water partition coefficient (Wildman–Crippen LogP) is 3.27. The molecule has 10 rings (SSSR count). The van der Waals surface area contributed by atoms with Crippen molar-refractivity contribution < 1.29 is 20.8 Å². The van der Waals surface area contributed by atoms with E-state index in [-0.39, 0.29) is 14.6 Å². The van der Waals surface area contributed by atoms with Gasteiger partial charge in [0.25, 0.3) is 0 Å². The molecule has 102 valence electrons. The van der Waals surface area contributed by atoms with Crippen LogP contribution in [0.3, 0.4) is 0 Å². The molecular weight excluding hydrogens is 284 g/mol. The fourth-order valence-electron chi connectivity index (χ4n) is 18.3. The monoisotopic (exact) mass is 300 g/mol. The SMILES string of the molecule is CCOC(=O)[C]12[CH]3[CH]4[CH]5[CH]1[Fe]45321678[CH]2[CH]1[CH]6[C]7(C(C)=O)[CH]28. The normalized spacial score (nSPS) is 111. The van der Waals surface area contributed by atoms with Gasteiger partial charge in [0.1, 0.15) is 0 Å². The zero-order chi connectivity index (χ0) is 12.5. The Hall–Kier alpha value is -0.341. The van der Waals surface area contributed by atoms with Crippen LogP contribution in [0.25, 0.3) is 0 Å². The molecular formula is C15H16FeO3. The third-order valence-corrected chi connectivity index (χ3v) is 58.7. The average molecular weight is 300 g/mol. The van der Waals surface area contributed by atoms with Gasteiger partial charge in [0.2, 0.25) is 0 Å². The molecule has 0 aliphatic carbocycles.